The Hall–Kier alpha value is -5.65. The third kappa shape index (κ3) is 7.44. The number of carbonyl (C=O) groups is 3. The maximum atomic E-state index is 13.7. The Kier molecular flexibility index (Phi) is 10.2. The van der Waals surface area contributed by atoms with E-state index in [1.54, 1.807) is 14.2 Å². The van der Waals surface area contributed by atoms with Crippen LogP contribution in [0.5, 0.6) is 0 Å². The maximum Gasteiger partial charge on any atom is 0.410 e. The second kappa shape index (κ2) is 14.6. The lowest BCUT2D eigenvalue weighted by molar-refractivity contribution is -0.129. The van der Waals surface area contributed by atoms with Crippen LogP contribution < -0.4 is 10.6 Å². The smallest absolute Gasteiger partial charge is 0.410 e. The highest BCUT2D eigenvalue weighted by molar-refractivity contribution is 6.02. The summed E-state index contributed by atoms with van der Waals surface area (Å²) in [5.41, 5.74) is 6.82. The average molecular weight is 788 g/mol. The van der Waals surface area contributed by atoms with E-state index in [2.05, 4.69) is 118 Å². The van der Waals surface area contributed by atoms with Gasteiger partial charge in [-0.05, 0) is 95.2 Å². The van der Waals surface area contributed by atoms with Gasteiger partial charge in [0.25, 0.3) is 0 Å². The number of ether oxygens (including phenoxy) is 2. The number of hydrogen-bond donors (Lipinski definition) is 3. The minimum absolute atomic E-state index is 0.0223. The van der Waals surface area contributed by atoms with Gasteiger partial charge in [-0.25, -0.2) is 9.78 Å². The van der Waals surface area contributed by atoms with Crippen LogP contribution in [0.4, 0.5) is 10.5 Å². The van der Waals surface area contributed by atoms with Crippen molar-refractivity contribution in [2.75, 3.05) is 28.3 Å². The van der Waals surface area contributed by atoms with Gasteiger partial charge in [-0.3, -0.25) is 19.5 Å². The summed E-state index contributed by atoms with van der Waals surface area (Å²) in [6.07, 6.45) is 2.79. The molecule has 2 atom stereocenters. The average Bonchev–Trinajstić information content (AvgIpc) is 4.10. The number of likely N-dealkylation sites (N-methyl/N-ethyl adjacent to an activating group) is 2. The second-order valence-corrected chi connectivity index (χ2v) is 18.3. The number of aromatic nitrogens is 2. The first-order valence-electron chi connectivity index (χ1n) is 20.0. The zero-order chi connectivity index (χ0) is 41.9. The summed E-state index contributed by atoms with van der Waals surface area (Å²) in [5.74, 6) is 0.901. The predicted molar refractivity (Wildman–Crippen MR) is 227 cm³/mol. The number of methoxy groups -OCH3 is 2. The number of imidazole rings is 1. The molecule has 2 aliphatic carbocycles. The van der Waals surface area contributed by atoms with Crippen LogP contribution >= 0.6 is 0 Å². The van der Waals surface area contributed by atoms with Crippen molar-refractivity contribution in [3.8, 4) is 22.3 Å². The molecule has 2 fully saturated rings. The van der Waals surface area contributed by atoms with Crippen LogP contribution in [0.25, 0.3) is 33.3 Å². The molecule has 306 valence electrons. The highest BCUT2D eigenvalue weighted by Crippen LogP contribution is 2.45. The van der Waals surface area contributed by atoms with E-state index in [1.165, 1.54) is 12.0 Å². The Balaban J connectivity index is 1.05. The molecule has 3 amide bonds. The Labute approximate surface area is 341 Å². The molecule has 7 rings (SSSR count). The summed E-state index contributed by atoms with van der Waals surface area (Å²) in [6.45, 7) is 16.6. The molecule has 4 aromatic rings. The van der Waals surface area contributed by atoms with E-state index in [0.29, 0.717) is 31.0 Å². The predicted octanol–water partition coefficient (Wildman–Crippen LogP) is 8.07. The van der Waals surface area contributed by atoms with E-state index in [-0.39, 0.29) is 28.7 Å². The van der Waals surface area contributed by atoms with Gasteiger partial charge in [0.05, 0.1) is 43.0 Å². The Morgan fingerprint density at radius 2 is 1.26 bits per heavy atom. The van der Waals surface area contributed by atoms with Gasteiger partial charge in [-0.15, -0.1) is 0 Å². The van der Waals surface area contributed by atoms with E-state index < -0.39 is 23.2 Å². The van der Waals surface area contributed by atoms with E-state index >= 15 is 0 Å². The number of fused-ring (bicyclic) bond motifs is 2. The molecule has 1 aliphatic heterocycles. The number of benzene rings is 3. The molecule has 0 saturated heterocycles. The van der Waals surface area contributed by atoms with Crippen LogP contribution in [0.15, 0.2) is 78.1 Å². The first-order chi connectivity index (χ1) is 27.3. The topological polar surface area (TPSA) is 141 Å². The fourth-order valence-electron chi connectivity index (χ4n) is 8.15. The third-order valence-corrected chi connectivity index (χ3v) is 12.3. The fraction of sp³-hybridized carbons (Fsp3) is 0.457. The first-order valence-corrected chi connectivity index (χ1v) is 20.0. The number of hydrogen-bond acceptors (Lipinski definition) is 8. The van der Waals surface area contributed by atoms with Crippen LogP contribution in [0.2, 0.25) is 0 Å². The van der Waals surface area contributed by atoms with Crippen molar-refractivity contribution in [2.24, 2.45) is 15.8 Å². The van der Waals surface area contributed by atoms with Crippen LogP contribution in [0, 0.1) is 10.8 Å². The van der Waals surface area contributed by atoms with Gasteiger partial charge in [-0.1, -0.05) is 77.9 Å². The van der Waals surface area contributed by atoms with Crippen molar-refractivity contribution in [3.63, 3.8) is 0 Å². The van der Waals surface area contributed by atoms with Gasteiger partial charge in [0.1, 0.15) is 16.9 Å². The lowest BCUT2D eigenvalue weighted by Crippen LogP contribution is -2.56. The molecule has 2 heterocycles. The normalized spacial score (nSPS) is 17.3. The summed E-state index contributed by atoms with van der Waals surface area (Å²) in [6, 6.07) is 20.4. The highest BCUT2D eigenvalue weighted by atomic mass is 16.5. The fourth-order valence-corrected chi connectivity index (χ4v) is 8.15. The van der Waals surface area contributed by atoms with E-state index in [4.69, 9.17) is 19.5 Å². The molecule has 1 aromatic heterocycles. The summed E-state index contributed by atoms with van der Waals surface area (Å²) in [4.78, 5) is 56.3. The van der Waals surface area contributed by atoms with Crippen molar-refractivity contribution in [3.05, 3.63) is 84.5 Å². The van der Waals surface area contributed by atoms with Gasteiger partial charge in [-0.2, -0.15) is 0 Å². The number of amides is 3. The summed E-state index contributed by atoms with van der Waals surface area (Å²) in [5, 5.41) is 6.57. The molecule has 2 saturated carbocycles. The van der Waals surface area contributed by atoms with Crippen LogP contribution in [0.1, 0.15) is 84.7 Å². The van der Waals surface area contributed by atoms with Crippen molar-refractivity contribution in [1.29, 1.82) is 0 Å². The van der Waals surface area contributed by atoms with Gasteiger partial charge in [0.2, 0.25) is 11.8 Å². The Morgan fingerprint density at radius 1 is 0.741 bits per heavy atom. The number of H-pyrrole nitrogens is 1. The molecule has 0 bridgehead atoms. The summed E-state index contributed by atoms with van der Waals surface area (Å²) in [7, 11) is 6.36. The summed E-state index contributed by atoms with van der Waals surface area (Å²) < 4.78 is 10.2. The molecule has 12 nitrogen and oxygen atoms in total. The first kappa shape index (κ1) is 40.5. The highest BCUT2D eigenvalue weighted by Gasteiger charge is 2.57. The van der Waals surface area contributed by atoms with Crippen LogP contribution in [-0.4, -0.2) is 88.8 Å². The van der Waals surface area contributed by atoms with Gasteiger partial charge >= 0.3 is 6.09 Å². The molecule has 0 radical (unpaired) electrons. The third-order valence-electron chi connectivity index (χ3n) is 12.3. The Morgan fingerprint density at radius 3 is 1.79 bits per heavy atom. The molecule has 3 aromatic carbocycles. The second-order valence-electron chi connectivity index (χ2n) is 18.3. The maximum absolute atomic E-state index is 13.7. The Bertz CT molecular complexity index is 2300. The van der Waals surface area contributed by atoms with Crippen molar-refractivity contribution >= 4 is 40.3 Å². The van der Waals surface area contributed by atoms with Gasteiger partial charge in [0.15, 0.2) is 5.88 Å². The summed E-state index contributed by atoms with van der Waals surface area (Å²) >= 11 is 0. The molecular weight excluding hydrogens is 731 g/mol. The van der Waals surface area contributed by atoms with Gasteiger partial charge in [0, 0.05) is 26.2 Å². The molecule has 3 N–H and O–H groups in total. The minimum atomic E-state index is -0.912. The van der Waals surface area contributed by atoms with Crippen LogP contribution in [-0.2, 0) is 25.5 Å². The lowest BCUT2D eigenvalue weighted by Gasteiger charge is -2.35. The lowest BCUT2D eigenvalue weighted by atomic mass is 9.82. The number of nitrogens with one attached hydrogen (secondary N) is 3. The zero-order valence-electron chi connectivity index (χ0n) is 35.5. The molecule has 0 spiro atoms. The van der Waals surface area contributed by atoms with Crippen LogP contribution in [0.3, 0.4) is 0 Å². The molecule has 58 heavy (non-hydrogen) atoms. The van der Waals surface area contributed by atoms with E-state index in [9.17, 15) is 14.4 Å². The number of nitrogens with zero attached hydrogens (tertiary/aromatic N) is 4. The standard InChI is InChI=1S/C46H57N7O5/c1-27(57-10)52(8)45(20-21-45)40(54)50-37(43(2,3)4)36-26-32-24-30(16-18-33(32)47-36)28-12-14-29(15-13-28)31-17-19-34-35(25-31)49-39(48-34)38(44(5,6)7)51-41(55)46(22-23-46)53(9)42(56)58-11/h12-19,24-25,37-38H,1,20-23,26H2,2-11H3,(H,48,49)(H,50,54)(H,51,55)/t37-,38-/m1/s1. The zero-order valence-corrected chi connectivity index (χ0v) is 35.5. The number of carbonyl (C=O) groups excluding carboxylic acids is 3. The minimum Gasteiger partial charge on any atom is -0.483 e. The van der Waals surface area contributed by atoms with Crippen molar-refractivity contribution in [1.82, 2.24) is 30.4 Å². The number of aromatic amines is 1. The van der Waals surface area contributed by atoms with Gasteiger partial charge < -0.3 is 30.0 Å². The molecule has 12 heteroatoms. The van der Waals surface area contributed by atoms with E-state index in [1.807, 2.05) is 18.0 Å². The molecular formula is C46H57N7O5. The largest absolute Gasteiger partial charge is 0.483 e. The monoisotopic (exact) mass is 787 g/mol. The van der Waals surface area contributed by atoms with E-state index in [0.717, 1.165) is 63.1 Å². The van der Waals surface area contributed by atoms with Crippen molar-refractivity contribution < 1.29 is 23.9 Å². The van der Waals surface area contributed by atoms with Crippen molar-refractivity contribution in [2.45, 2.75) is 96.8 Å². The SMILES string of the molecule is C=C(OC)N(C)C1(C(=O)N[C@H](C2=Nc3ccc(-c4ccc(-c5ccc6nc([C@@H](NC(=O)C7(N(C)C(=O)OC)CC7)C(C)(C)C)[nH]c6c5)cc4)cc3C2)C(C)(C)C)CC1. The quantitative estimate of drug-likeness (QED) is 0.123. The number of rotatable bonds is 12. The molecule has 3 aliphatic rings. The molecule has 0 unspecified atom stereocenters. The number of aliphatic imine (C=N–C) groups is 1.